The Hall–Kier alpha value is -0.900. The van der Waals surface area contributed by atoms with Crippen LogP contribution in [0, 0.1) is 11.3 Å². The molecule has 5 nitrogen and oxygen atoms in total. The van der Waals surface area contributed by atoms with Crippen molar-refractivity contribution in [3.63, 3.8) is 0 Å². The second-order valence-electron chi connectivity index (χ2n) is 6.85. The molecular formula is C20H41O5P. The summed E-state index contributed by atoms with van der Waals surface area (Å²) in [5.41, 5.74) is 1.58. The topological polar surface area (TPSA) is 72.8 Å². The zero-order valence-corrected chi connectivity index (χ0v) is 16.8. The average Bonchev–Trinajstić information content (AvgIpc) is 2.52. The van der Waals surface area contributed by atoms with Crippen molar-refractivity contribution in [2.45, 2.75) is 75.2 Å². The Morgan fingerprint density at radius 2 is 1.88 bits per heavy atom. The molecule has 0 amide bonds. The Morgan fingerprint density at radius 1 is 1.35 bits per heavy atom. The Balaban J connectivity index is -0.00000264. The summed E-state index contributed by atoms with van der Waals surface area (Å²) in [6.45, 7) is 13.9. The van der Waals surface area contributed by atoms with Gasteiger partial charge in [0.1, 0.15) is 0 Å². The van der Waals surface area contributed by atoms with Crippen molar-refractivity contribution >= 4 is 13.6 Å². The first-order chi connectivity index (χ1) is 11.0. The van der Waals surface area contributed by atoms with E-state index in [9.17, 15) is 14.3 Å². The summed E-state index contributed by atoms with van der Waals surface area (Å²) in [5, 5.41) is 0. The van der Waals surface area contributed by atoms with Crippen LogP contribution in [0.1, 0.15) is 75.2 Å². The van der Waals surface area contributed by atoms with Gasteiger partial charge < -0.3 is 14.2 Å². The van der Waals surface area contributed by atoms with Gasteiger partial charge in [0.2, 0.25) is 0 Å². The Bertz CT molecular complexity index is 512. The molecule has 0 aromatic heterocycles. The summed E-state index contributed by atoms with van der Waals surface area (Å²) in [7, 11) is -2.73. The molecule has 0 aliphatic rings. The Morgan fingerprint density at radius 3 is 2.31 bits per heavy atom. The molecule has 3 unspecified atom stereocenters. The molecule has 0 fully saturated rings. The lowest BCUT2D eigenvalue weighted by Gasteiger charge is -2.26. The van der Waals surface area contributed by atoms with E-state index < -0.39 is 25.3 Å². The smallest absolute Gasteiger partial charge is 0.365 e. The van der Waals surface area contributed by atoms with Crippen molar-refractivity contribution in [3.05, 3.63) is 23.8 Å². The van der Waals surface area contributed by atoms with Crippen LogP contribution in [0.4, 0.5) is 0 Å². The molecule has 26 heavy (non-hydrogen) atoms. The largest absolute Gasteiger partial charge is 0.452 e. The number of esters is 1. The van der Waals surface area contributed by atoms with Gasteiger partial charge in [0.05, 0.1) is 5.41 Å². The number of allylic oxidation sites excluding steroid dienone is 3. The van der Waals surface area contributed by atoms with Crippen LogP contribution < -0.4 is 0 Å². The van der Waals surface area contributed by atoms with Crippen molar-refractivity contribution in [2.75, 3.05) is 13.5 Å². The molecule has 1 N–H and O–H groups in total. The zero-order chi connectivity index (χ0) is 19.0. The molecule has 0 rings (SSSR count). The fraction of sp³-hybridized carbons (Fsp3) is 0.750. The lowest BCUT2D eigenvalue weighted by molar-refractivity contribution is -0.153. The van der Waals surface area contributed by atoms with Crippen molar-refractivity contribution < 1.29 is 23.5 Å². The van der Waals surface area contributed by atoms with Gasteiger partial charge in [-0.2, -0.15) is 0 Å². The first-order valence-electron chi connectivity index (χ1n) is 8.33. The SMILES string of the molecule is C.C.C=C(C)C(C)CC/C=C(/C)CC(C)(CC)C(=O)OCP(=O)(O)OC. The van der Waals surface area contributed by atoms with E-state index >= 15 is 0 Å². The van der Waals surface area contributed by atoms with Gasteiger partial charge in [-0.3, -0.25) is 9.36 Å². The maximum atomic E-state index is 12.3. The third kappa shape index (κ3) is 10.9. The predicted octanol–water partition coefficient (Wildman–Crippen LogP) is 6.34. The summed E-state index contributed by atoms with van der Waals surface area (Å²) in [4.78, 5) is 21.7. The van der Waals surface area contributed by atoms with Crippen LogP contribution in [0.15, 0.2) is 23.8 Å². The van der Waals surface area contributed by atoms with Gasteiger partial charge in [-0.1, -0.05) is 52.5 Å². The monoisotopic (exact) mass is 392 g/mol. The van der Waals surface area contributed by atoms with Crippen LogP contribution in [0.2, 0.25) is 0 Å². The number of ether oxygens (including phenoxy) is 1. The second-order valence-corrected chi connectivity index (χ2v) is 8.75. The molecule has 0 spiro atoms. The third-order valence-corrected chi connectivity index (χ3v) is 5.55. The highest BCUT2D eigenvalue weighted by Crippen LogP contribution is 2.41. The predicted molar refractivity (Wildman–Crippen MR) is 111 cm³/mol. The van der Waals surface area contributed by atoms with Crippen molar-refractivity contribution in [1.29, 1.82) is 0 Å². The highest BCUT2D eigenvalue weighted by Gasteiger charge is 2.34. The van der Waals surface area contributed by atoms with E-state index in [-0.39, 0.29) is 14.9 Å². The Kier molecular flexibility index (Phi) is 15.3. The molecule has 0 aliphatic heterocycles. The molecule has 0 aliphatic carbocycles. The van der Waals surface area contributed by atoms with Gasteiger partial charge in [0.25, 0.3) is 0 Å². The molecule has 156 valence electrons. The van der Waals surface area contributed by atoms with E-state index in [0.29, 0.717) is 18.8 Å². The van der Waals surface area contributed by atoms with Crippen LogP contribution in [0.25, 0.3) is 0 Å². The first-order valence-corrected chi connectivity index (χ1v) is 10.1. The van der Waals surface area contributed by atoms with Gasteiger partial charge in [0.15, 0.2) is 6.35 Å². The average molecular weight is 393 g/mol. The second kappa shape index (κ2) is 13.3. The third-order valence-electron chi connectivity index (χ3n) is 4.52. The minimum absolute atomic E-state index is 0. The number of carbonyl (C=O) groups excluding carboxylic acids is 1. The molecule has 0 bridgehead atoms. The molecule has 3 atom stereocenters. The van der Waals surface area contributed by atoms with Gasteiger partial charge in [0, 0.05) is 7.11 Å². The molecule has 0 saturated heterocycles. The van der Waals surface area contributed by atoms with E-state index in [1.54, 1.807) is 0 Å². The van der Waals surface area contributed by atoms with Gasteiger partial charge >= 0.3 is 13.6 Å². The standard InChI is InChI=1S/C18H33O5P.2CH4/c1-8-18(6,17(19)23-13-24(20,21)22-7)12-15(4)10-9-11-16(5)14(2)3;;/h10,16H,2,8-9,11-13H2,1,3-7H3,(H,20,21);2*1H4/b15-10-;;. The number of carbonyl (C=O) groups is 1. The van der Waals surface area contributed by atoms with E-state index in [2.05, 4.69) is 24.1 Å². The fourth-order valence-corrected chi connectivity index (χ4v) is 2.61. The van der Waals surface area contributed by atoms with E-state index in [1.807, 2.05) is 27.7 Å². The number of hydrogen-bond acceptors (Lipinski definition) is 4. The van der Waals surface area contributed by atoms with Crippen LogP contribution in [-0.2, 0) is 18.6 Å². The highest BCUT2D eigenvalue weighted by atomic mass is 31.2. The number of hydrogen-bond donors (Lipinski definition) is 1. The van der Waals surface area contributed by atoms with Crippen molar-refractivity contribution in [2.24, 2.45) is 11.3 Å². The summed E-state index contributed by atoms with van der Waals surface area (Å²) in [6, 6.07) is 0. The van der Waals surface area contributed by atoms with E-state index in [0.717, 1.165) is 25.5 Å². The molecule has 0 aromatic rings. The fourth-order valence-electron chi connectivity index (χ4n) is 2.22. The maximum absolute atomic E-state index is 12.3. The molecule has 0 aromatic carbocycles. The summed E-state index contributed by atoms with van der Waals surface area (Å²) in [6.07, 6.45) is 4.64. The molecule has 6 heteroatoms. The first kappa shape index (κ1) is 29.8. The number of rotatable bonds is 11. The van der Waals surface area contributed by atoms with E-state index in [4.69, 9.17) is 4.74 Å². The molecule has 0 radical (unpaired) electrons. The zero-order valence-electron chi connectivity index (χ0n) is 15.9. The van der Waals surface area contributed by atoms with Gasteiger partial charge in [-0.15, -0.1) is 0 Å². The van der Waals surface area contributed by atoms with Crippen LogP contribution in [0.5, 0.6) is 0 Å². The minimum atomic E-state index is -3.85. The molecule has 0 saturated carbocycles. The van der Waals surface area contributed by atoms with Crippen molar-refractivity contribution in [3.8, 4) is 0 Å². The van der Waals surface area contributed by atoms with Gasteiger partial charge in [-0.25, -0.2) is 0 Å². The normalized spacial score (nSPS) is 17.0. The molecule has 0 heterocycles. The summed E-state index contributed by atoms with van der Waals surface area (Å²) < 4.78 is 20.9. The van der Waals surface area contributed by atoms with Crippen LogP contribution in [-0.4, -0.2) is 24.3 Å². The maximum Gasteiger partial charge on any atom is 0.365 e. The minimum Gasteiger partial charge on any atom is -0.452 e. The summed E-state index contributed by atoms with van der Waals surface area (Å²) in [5.74, 6) is 0.00342. The quantitative estimate of drug-likeness (QED) is 0.252. The van der Waals surface area contributed by atoms with Crippen molar-refractivity contribution in [1.82, 2.24) is 0 Å². The van der Waals surface area contributed by atoms with Gasteiger partial charge in [-0.05, 0) is 52.4 Å². The lowest BCUT2D eigenvalue weighted by Crippen LogP contribution is -2.30. The van der Waals surface area contributed by atoms with Crippen LogP contribution >= 0.6 is 7.60 Å². The van der Waals surface area contributed by atoms with Crippen LogP contribution in [0.3, 0.4) is 0 Å². The Labute approximate surface area is 161 Å². The summed E-state index contributed by atoms with van der Waals surface area (Å²) >= 11 is 0. The molecular weight excluding hydrogens is 351 g/mol. The highest BCUT2D eigenvalue weighted by molar-refractivity contribution is 7.52. The lowest BCUT2D eigenvalue weighted by atomic mass is 9.81. The van der Waals surface area contributed by atoms with E-state index in [1.165, 1.54) is 5.57 Å².